The van der Waals surface area contributed by atoms with Crippen LogP contribution < -0.4 is 4.90 Å². The molecule has 3 amide bonds. The molecule has 0 saturated carbocycles. The van der Waals surface area contributed by atoms with E-state index >= 15 is 0 Å². The van der Waals surface area contributed by atoms with Gasteiger partial charge in [0.05, 0.1) is 0 Å². The van der Waals surface area contributed by atoms with E-state index in [4.69, 9.17) is 0 Å². The molecule has 0 radical (unpaired) electrons. The molecule has 2 aliphatic heterocycles. The fraction of sp³-hybridized carbons (Fsp3) is 0.636. The molecule has 0 N–H and O–H groups in total. The van der Waals surface area contributed by atoms with Gasteiger partial charge in [-0.25, -0.2) is 4.79 Å². The van der Waals surface area contributed by atoms with Crippen LogP contribution in [0.2, 0.25) is 0 Å². The van der Waals surface area contributed by atoms with E-state index in [1.165, 1.54) is 4.90 Å². The zero-order chi connectivity index (χ0) is 21.8. The van der Waals surface area contributed by atoms with Crippen LogP contribution in [-0.2, 0) is 0 Å². The van der Waals surface area contributed by atoms with Gasteiger partial charge in [0.2, 0.25) is 0 Å². The zero-order valence-corrected chi connectivity index (χ0v) is 18.1. The number of hydrogen-bond donors (Lipinski definition) is 0. The van der Waals surface area contributed by atoms with E-state index in [1.54, 1.807) is 19.0 Å². The van der Waals surface area contributed by atoms with Gasteiger partial charge in [0.15, 0.2) is 0 Å². The molecule has 166 valence electrons. The number of aryl methyl sites for hydroxylation is 1. The molecule has 0 spiro atoms. The second-order valence-electron chi connectivity index (χ2n) is 8.81. The summed E-state index contributed by atoms with van der Waals surface area (Å²) >= 11 is 0. The van der Waals surface area contributed by atoms with E-state index in [-0.39, 0.29) is 5.91 Å². The highest BCUT2D eigenvalue weighted by atomic mass is 19.4. The van der Waals surface area contributed by atoms with E-state index in [0.717, 1.165) is 62.0 Å². The van der Waals surface area contributed by atoms with Gasteiger partial charge in [-0.3, -0.25) is 4.79 Å². The highest BCUT2D eigenvalue weighted by Crippen LogP contribution is 2.32. The number of piperidine rings is 2. The Morgan fingerprint density at radius 1 is 1.00 bits per heavy atom. The van der Waals surface area contributed by atoms with Gasteiger partial charge in [0, 0.05) is 56.9 Å². The van der Waals surface area contributed by atoms with E-state index in [0.29, 0.717) is 24.9 Å². The lowest BCUT2D eigenvalue weighted by Crippen LogP contribution is -2.42. The molecule has 2 fully saturated rings. The van der Waals surface area contributed by atoms with Gasteiger partial charge in [0.25, 0.3) is 5.91 Å². The molecule has 30 heavy (non-hydrogen) atoms. The SMILES string of the molecule is Cc1cc(N2CCC(CC3CCN(C(=O)N(F)F)CC3)CC2)ccc1C(=O)N(C)C. The molecule has 0 atom stereocenters. The summed E-state index contributed by atoms with van der Waals surface area (Å²) in [4.78, 5) is 28.8. The third-order valence-electron chi connectivity index (χ3n) is 6.52. The first-order valence-electron chi connectivity index (χ1n) is 10.7. The molecule has 8 heteroatoms. The molecule has 2 aliphatic rings. The van der Waals surface area contributed by atoms with Crippen LogP contribution in [0.4, 0.5) is 19.4 Å². The number of amides is 3. The molecule has 1 aromatic carbocycles. The molecule has 0 unspecified atom stereocenters. The van der Waals surface area contributed by atoms with Crippen molar-refractivity contribution in [3.05, 3.63) is 29.3 Å². The second kappa shape index (κ2) is 9.62. The maximum Gasteiger partial charge on any atom is 0.378 e. The quantitative estimate of drug-likeness (QED) is 0.683. The van der Waals surface area contributed by atoms with Gasteiger partial charge in [-0.05, 0) is 74.6 Å². The van der Waals surface area contributed by atoms with Crippen molar-refractivity contribution in [3.63, 3.8) is 0 Å². The number of hydrogen-bond acceptors (Lipinski definition) is 3. The van der Waals surface area contributed by atoms with Crippen LogP contribution in [0.25, 0.3) is 0 Å². The molecular formula is C22H32F2N4O2. The lowest BCUT2D eigenvalue weighted by Gasteiger charge is -2.37. The zero-order valence-electron chi connectivity index (χ0n) is 18.1. The number of anilines is 1. The second-order valence-corrected chi connectivity index (χ2v) is 8.81. The Balaban J connectivity index is 1.47. The molecule has 1 aromatic rings. The van der Waals surface area contributed by atoms with Crippen LogP contribution in [-0.4, -0.2) is 67.4 Å². The summed E-state index contributed by atoms with van der Waals surface area (Å²) in [6.07, 6.45) is 4.94. The summed E-state index contributed by atoms with van der Waals surface area (Å²) in [5.74, 6) is 1.18. The monoisotopic (exact) mass is 422 g/mol. The Hall–Kier alpha value is -2.38. The van der Waals surface area contributed by atoms with Crippen molar-refractivity contribution in [3.8, 4) is 0 Å². The van der Waals surface area contributed by atoms with Crippen LogP contribution >= 0.6 is 0 Å². The lowest BCUT2D eigenvalue weighted by atomic mass is 9.82. The minimum atomic E-state index is -1.32. The van der Waals surface area contributed by atoms with Crippen LogP contribution in [0.15, 0.2) is 18.2 Å². The first-order chi connectivity index (χ1) is 14.3. The van der Waals surface area contributed by atoms with Gasteiger partial charge in [-0.1, -0.05) is 8.96 Å². The predicted octanol–water partition coefficient (Wildman–Crippen LogP) is 4.21. The smallest absolute Gasteiger partial charge is 0.372 e. The topological polar surface area (TPSA) is 47.1 Å². The molecule has 6 nitrogen and oxygen atoms in total. The van der Waals surface area contributed by atoms with Crippen molar-refractivity contribution < 1.29 is 18.6 Å². The summed E-state index contributed by atoms with van der Waals surface area (Å²) in [5, 5.41) is -1.32. The Morgan fingerprint density at radius 3 is 2.07 bits per heavy atom. The average molecular weight is 423 g/mol. The van der Waals surface area contributed by atoms with Gasteiger partial charge in [0.1, 0.15) is 0 Å². The van der Waals surface area contributed by atoms with Crippen molar-refractivity contribution in [1.29, 1.82) is 0 Å². The Morgan fingerprint density at radius 2 is 1.57 bits per heavy atom. The van der Waals surface area contributed by atoms with Crippen molar-refractivity contribution >= 4 is 17.6 Å². The largest absolute Gasteiger partial charge is 0.378 e. The van der Waals surface area contributed by atoms with Crippen molar-refractivity contribution in [1.82, 2.24) is 15.1 Å². The van der Waals surface area contributed by atoms with E-state index < -0.39 is 11.4 Å². The highest BCUT2D eigenvalue weighted by Gasteiger charge is 2.29. The number of rotatable bonds is 4. The predicted molar refractivity (Wildman–Crippen MR) is 112 cm³/mol. The number of halogens is 2. The number of likely N-dealkylation sites (tertiary alicyclic amines) is 1. The summed E-state index contributed by atoms with van der Waals surface area (Å²) < 4.78 is 24.8. The Bertz CT molecular complexity index is 756. The molecule has 2 heterocycles. The molecular weight excluding hydrogens is 390 g/mol. The average Bonchev–Trinajstić information content (AvgIpc) is 2.73. The summed E-state index contributed by atoms with van der Waals surface area (Å²) in [6, 6.07) is 4.87. The maximum atomic E-state index is 12.4. The minimum Gasteiger partial charge on any atom is -0.372 e. The Labute approximate surface area is 177 Å². The van der Waals surface area contributed by atoms with Crippen LogP contribution in [0, 0.1) is 18.8 Å². The molecule has 3 rings (SSSR count). The van der Waals surface area contributed by atoms with Gasteiger partial charge in [-0.2, -0.15) is 0 Å². The molecule has 0 bridgehead atoms. The summed E-state index contributed by atoms with van der Waals surface area (Å²) in [6.45, 7) is 4.80. The van der Waals surface area contributed by atoms with Crippen molar-refractivity contribution in [2.75, 3.05) is 45.2 Å². The first kappa shape index (κ1) is 22.3. The number of urea groups is 1. The third kappa shape index (κ3) is 5.21. The standard InChI is InChI=1S/C22H32F2N4O2/c1-16-14-19(4-5-20(16)21(29)25(2)3)26-10-6-17(7-11-26)15-18-8-12-27(13-9-18)22(30)28(23)24/h4-5,14,17-18H,6-13,15H2,1-3H3. The number of carbonyl (C=O) groups excluding carboxylic acids is 2. The van der Waals surface area contributed by atoms with E-state index in [9.17, 15) is 18.6 Å². The lowest BCUT2D eigenvalue weighted by molar-refractivity contribution is -0.112. The minimum absolute atomic E-state index is 0.0243. The maximum absolute atomic E-state index is 12.4. The molecule has 2 saturated heterocycles. The van der Waals surface area contributed by atoms with Crippen molar-refractivity contribution in [2.24, 2.45) is 11.8 Å². The fourth-order valence-corrected chi connectivity index (χ4v) is 4.69. The van der Waals surface area contributed by atoms with Crippen LogP contribution in [0.5, 0.6) is 0 Å². The highest BCUT2D eigenvalue weighted by molar-refractivity contribution is 5.95. The van der Waals surface area contributed by atoms with Gasteiger partial charge >= 0.3 is 6.03 Å². The summed E-state index contributed by atoms with van der Waals surface area (Å²) in [5.41, 5.74) is 2.90. The summed E-state index contributed by atoms with van der Waals surface area (Å²) in [7, 11) is 3.53. The number of benzene rings is 1. The fourth-order valence-electron chi connectivity index (χ4n) is 4.69. The van der Waals surface area contributed by atoms with Crippen molar-refractivity contribution in [2.45, 2.75) is 39.0 Å². The third-order valence-corrected chi connectivity index (χ3v) is 6.52. The first-order valence-corrected chi connectivity index (χ1v) is 10.7. The number of carbonyl (C=O) groups is 2. The number of nitrogens with zero attached hydrogens (tertiary/aromatic N) is 4. The Kier molecular flexibility index (Phi) is 7.15. The molecule has 0 aliphatic carbocycles. The van der Waals surface area contributed by atoms with Crippen LogP contribution in [0.3, 0.4) is 0 Å². The van der Waals surface area contributed by atoms with Crippen LogP contribution in [0.1, 0.15) is 48.0 Å². The normalized spacial score (nSPS) is 18.4. The van der Waals surface area contributed by atoms with Gasteiger partial charge in [-0.15, -0.1) is 0 Å². The van der Waals surface area contributed by atoms with E-state index in [1.807, 2.05) is 19.1 Å². The van der Waals surface area contributed by atoms with E-state index in [2.05, 4.69) is 11.0 Å². The molecule has 0 aromatic heterocycles. The van der Waals surface area contributed by atoms with Gasteiger partial charge < -0.3 is 14.7 Å².